The van der Waals surface area contributed by atoms with Crippen LogP contribution in [0.4, 0.5) is 0 Å². The third-order valence-corrected chi connectivity index (χ3v) is 2.56. The van der Waals surface area contributed by atoms with Gasteiger partial charge < -0.3 is 15.4 Å². The van der Waals surface area contributed by atoms with Crippen molar-refractivity contribution in [2.45, 2.75) is 19.8 Å². The lowest BCUT2D eigenvalue weighted by Crippen LogP contribution is -2.41. The van der Waals surface area contributed by atoms with Crippen molar-refractivity contribution in [1.29, 1.82) is 0 Å². The molecular formula is C12H22N2O2. The minimum atomic E-state index is 0.134. The average Bonchev–Trinajstić information content (AvgIpc) is 2.29. The third kappa shape index (κ3) is 5.28. The van der Waals surface area contributed by atoms with Gasteiger partial charge in [0.2, 0.25) is 5.91 Å². The number of hydrogen-bond acceptors (Lipinski definition) is 3. The van der Waals surface area contributed by atoms with Crippen LogP contribution in [0.25, 0.3) is 0 Å². The van der Waals surface area contributed by atoms with Gasteiger partial charge in [-0.25, -0.2) is 0 Å². The van der Waals surface area contributed by atoms with Crippen molar-refractivity contribution < 1.29 is 9.53 Å². The molecule has 2 N–H and O–H groups in total. The second-order valence-electron chi connectivity index (χ2n) is 4.34. The van der Waals surface area contributed by atoms with Gasteiger partial charge in [-0.2, -0.15) is 0 Å². The Morgan fingerprint density at radius 3 is 3.06 bits per heavy atom. The molecule has 0 saturated carbocycles. The first-order valence-electron chi connectivity index (χ1n) is 5.90. The molecule has 0 radical (unpaired) electrons. The van der Waals surface area contributed by atoms with Crippen LogP contribution in [0, 0.1) is 5.92 Å². The summed E-state index contributed by atoms with van der Waals surface area (Å²) in [7, 11) is 0. The highest BCUT2D eigenvalue weighted by molar-refractivity contribution is 5.78. The smallest absolute Gasteiger partial charge is 0.224 e. The van der Waals surface area contributed by atoms with Crippen molar-refractivity contribution in [2.24, 2.45) is 5.92 Å². The minimum Gasteiger partial charge on any atom is -0.375 e. The number of carbonyl (C=O) groups is 1. The summed E-state index contributed by atoms with van der Waals surface area (Å²) < 4.78 is 5.30. The molecular weight excluding hydrogens is 204 g/mol. The van der Waals surface area contributed by atoms with Gasteiger partial charge in [-0.05, 0) is 26.3 Å². The Morgan fingerprint density at radius 1 is 1.62 bits per heavy atom. The summed E-state index contributed by atoms with van der Waals surface area (Å²) in [5.74, 6) is 0.279. The molecule has 0 unspecified atom stereocenters. The van der Waals surface area contributed by atoms with Gasteiger partial charge in [-0.15, -0.1) is 0 Å². The summed E-state index contributed by atoms with van der Waals surface area (Å²) in [5, 5.41) is 6.12. The standard InChI is InChI=1S/C12H22N2O2/c1-10(2)9-16-7-6-14-12(15)11-4-3-5-13-8-11/h11,13H,1,3-9H2,2H3,(H,14,15)/t11-/m0/s1. The summed E-state index contributed by atoms with van der Waals surface area (Å²) in [6, 6.07) is 0. The van der Waals surface area contributed by atoms with Gasteiger partial charge in [0, 0.05) is 13.1 Å². The van der Waals surface area contributed by atoms with Crippen LogP contribution in [0.2, 0.25) is 0 Å². The van der Waals surface area contributed by atoms with E-state index in [9.17, 15) is 4.79 Å². The average molecular weight is 226 g/mol. The Kier molecular flexibility index (Phi) is 6.11. The molecule has 4 heteroatoms. The molecule has 16 heavy (non-hydrogen) atoms. The van der Waals surface area contributed by atoms with E-state index in [0.717, 1.165) is 31.5 Å². The zero-order chi connectivity index (χ0) is 11.8. The molecule has 1 rings (SSSR count). The van der Waals surface area contributed by atoms with E-state index in [0.29, 0.717) is 19.8 Å². The summed E-state index contributed by atoms with van der Waals surface area (Å²) >= 11 is 0. The van der Waals surface area contributed by atoms with Crippen molar-refractivity contribution >= 4 is 5.91 Å². The lowest BCUT2D eigenvalue weighted by Gasteiger charge is -2.21. The second kappa shape index (κ2) is 7.41. The summed E-state index contributed by atoms with van der Waals surface area (Å²) in [4.78, 5) is 11.7. The van der Waals surface area contributed by atoms with E-state index in [1.807, 2.05) is 6.92 Å². The molecule has 1 fully saturated rings. The highest BCUT2D eigenvalue weighted by Gasteiger charge is 2.19. The highest BCUT2D eigenvalue weighted by atomic mass is 16.5. The van der Waals surface area contributed by atoms with Crippen LogP contribution in [0.15, 0.2) is 12.2 Å². The number of piperidine rings is 1. The van der Waals surface area contributed by atoms with Crippen LogP contribution in [0.5, 0.6) is 0 Å². The largest absolute Gasteiger partial charge is 0.375 e. The van der Waals surface area contributed by atoms with Crippen molar-refractivity contribution in [3.05, 3.63) is 12.2 Å². The predicted octanol–water partition coefficient (Wildman–Crippen LogP) is 0.695. The first kappa shape index (κ1) is 13.2. The first-order chi connectivity index (χ1) is 7.70. The van der Waals surface area contributed by atoms with Gasteiger partial charge in [0.1, 0.15) is 0 Å². The van der Waals surface area contributed by atoms with Crippen molar-refractivity contribution in [1.82, 2.24) is 10.6 Å². The number of rotatable bonds is 6. The Morgan fingerprint density at radius 2 is 2.44 bits per heavy atom. The second-order valence-corrected chi connectivity index (χ2v) is 4.34. The SMILES string of the molecule is C=C(C)COCCNC(=O)[C@H]1CCCNC1. The maximum atomic E-state index is 11.7. The van der Waals surface area contributed by atoms with E-state index >= 15 is 0 Å². The minimum absolute atomic E-state index is 0.134. The van der Waals surface area contributed by atoms with Gasteiger partial charge in [0.05, 0.1) is 19.1 Å². The quantitative estimate of drug-likeness (QED) is 0.517. The number of carbonyl (C=O) groups excluding carboxylic acids is 1. The Hall–Kier alpha value is -0.870. The zero-order valence-corrected chi connectivity index (χ0v) is 10.1. The van der Waals surface area contributed by atoms with E-state index in [1.165, 1.54) is 0 Å². The van der Waals surface area contributed by atoms with Crippen molar-refractivity contribution in [2.75, 3.05) is 32.8 Å². The van der Waals surface area contributed by atoms with Gasteiger partial charge in [-0.3, -0.25) is 4.79 Å². The molecule has 0 aromatic rings. The molecule has 0 aliphatic carbocycles. The van der Waals surface area contributed by atoms with Crippen LogP contribution in [0.1, 0.15) is 19.8 Å². The molecule has 1 heterocycles. The number of hydrogen-bond donors (Lipinski definition) is 2. The lowest BCUT2D eigenvalue weighted by molar-refractivity contribution is -0.125. The Labute approximate surface area is 97.4 Å². The van der Waals surface area contributed by atoms with Crippen molar-refractivity contribution in [3.63, 3.8) is 0 Å². The molecule has 0 aromatic heterocycles. The fraction of sp³-hybridized carbons (Fsp3) is 0.750. The van der Waals surface area contributed by atoms with Gasteiger partial charge >= 0.3 is 0 Å². The fourth-order valence-corrected chi connectivity index (χ4v) is 1.71. The van der Waals surface area contributed by atoms with E-state index < -0.39 is 0 Å². The molecule has 0 aromatic carbocycles. The molecule has 1 saturated heterocycles. The van der Waals surface area contributed by atoms with Gasteiger partial charge in [0.25, 0.3) is 0 Å². The molecule has 0 spiro atoms. The van der Waals surface area contributed by atoms with Crippen LogP contribution < -0.4 is 10.6 Å². The fourth-order valence-electron chi connectivity index (χ4n) is 1.71. The van der Waals surface area contributed by atoms with E-state index in [-0.39, 0.29) is 11.8 Å². The van der Waals surface area contributed by atoms with Crippen molar-refractivity contribution in [3.8, 4) is 0 Å². The normalized spacial score (nSPS) is 20.4. The number of nitrogens with one attached hydrogen (secondary N) is 2. The van der Waals surface area contributed by atoms with Crippen LogP contribution >= 0.6 is 0 Å². The topological polar surface area (TPSA) is 50.4 Å². The monoisotopic (exact) mass is 226 g/mol. The van der Waals surface area contributed by atoms with Crippen LogP contribution in [-0.2, 0) is 9.53 Å². The molecule has 92 valence electrons. The molecule has 1 atom stereocenters. The molecule has 0 bridgehead atoms. The molecule has 1 aliphatic rings. The lowest BCUT2D eigenvalue weighted by atomic mass is 9.99. The summed E-state index contributed by atoms with van der Waals surface area (Å²) in [5.41, 5.74) is 1.00. The Balaban J connectivity index is 2.03. The third-order valence-electron chi connectivity index (χ3n) is 2.56. The van der Waals surface area contributed by atoms with E-state index in [4.69, 9.17) is 4.74 Å². The maximum absolute atomic E-state index is 11.7. The Bertz CT molecular complexity index is 235. The van der Waals surface area contributed by atoms with Gasteiger partial charge in [-0.1, -0.05) is 12.2 Å². The number of amides is 1. The van der Waals surface area contributed by atoms with E-state index in [1.54, 1.807) is 0 Å². The van der Waals surface area contributed by atoms with E-state index in [2.05, 4.69) is 17.2 Å². The van der Waals surface area contributed by atoms with Crippen LogP contribution in [0.3, 0.4) is 0 Å². The summed E-state index contributed by atoms with van der Waals surface area (Å²) in [6.45, 7) is 9.21. The van der Waals surface area contributed by atoms with Crippen LogP contribution in [-0.4, -0.2) is 38.8 Å². The molecule has 4 nitrogen and oxygen atoms in total. The molecule has 1 aliphatic heterocycles. The molecule has 1 amide bonds. The first-order valence-corrected chi connectivity index (χ1v) is 5.90. The van der Waals surface area contributed by atoms with Gasteiger partial charge in [0.15, 0.2) is 0 Å². The predicted molar refractivity (Wildman–Crippen MR) is 64.2 cm³/mol. The summed E-state index contributed by atoms with van der Waals surface area (Å²) in [6.07, 6.45) is 2.08. The highest BCUT2D eigenvalue weighted by Crippen LogP contribution is 2.09. The zero-order valence-electron chi connectivity index (χ0n) is 10.1. The number of ether oxygens (including phenoxy) is 1. The maximum Gasteiger partial charge on any atom is 0.224 e.